The molecule has 0 bridgehead atoms. The summed E-state index contributed by atoms with van der Waals surface area (Å²) < 4.78 is 0. The van der Waals surface area contributed by atoms with Crippen LogP contribution < -0.4 is 5.43 Å². The topological polar surface area (TPSA) is 70.1 Å². The maximum Gasteiger partial charge on any atom is 0.288 e. The minimum Gasteiger partial charge on any atom is -0.349 e. The summed E-state index contributed by atoms with van der Waals surface area (Å²) in [5.74, 6) is -0.312. The number of aromatic nitrogens is 2. The van der Waals surface area contributed by atoms with E-state index in [-0.39, 0.29) is 5.91 Å². The van der Waals surface area contributed by atoms with E-state index in [0.717, 1.165) is 21.5 Å². The molecule has 0 radical (unpaired) electrons. The number of aryl methyl sites for hydroxylation is 1. The van der Waals surface area contributed by atoms with Crippen LogP contribution in [0, 0.1) is 6.92 Å². The van der Waals surface area contributed by atoms with Crippen LogP contribution in [-0.2, 0) is 0 Å². The van der Waals surface area contributed by atoms with Crippen LogP contribution in [0.15, 0.2) is 34.9 Å². The first kappa shape index (κ1) is 13.8. The van der Waals surface area contributed by atoms with Gasteiger partial charge in [-0.2, -0.15) is 5.10 Å². The van der Waals surface area contributed by atoms with Gasteiger partial charge in [0.2, 0.25) is 0 Å². The van der Waals surface area contributed by atoms with Crippen molar-refractivity contribution in [2.75, 3.05) is 0 Å². The van der Waals surface area contributed by atoms with Gasteiger partial charge >= 0.3 is 0 Å². The highest BCUT2D eigenvalue weighted by Crippen LogP contribution is 2.27. The van der Waals surface area contributed by atoms with Crippen molar-refractivity contribution in [1.29, 1.82) is 0 Å². The van der Waals surface area contributed by atoms with Gasteiger partial charge in [0.15, 0.2) is 0 Å². The predicted octanol–water partition coefficient (Wildman–Crippen LogP) is 3.35. The molecule has 0 aliphatic heterocycles. The Labute approximate surface area is 129 Å². The second kappa shape index (κ2) is 5.67. The highest BCUT2D eigenvalue weighted by Gasteiger charge is 2.15. The molecule has 0 saturated heterocycles. The Morgan fingerprint density at radius 1 is 1.52 bits per heavy atom. The van der Waals surface area contributed by atoms with E-state index in [1.165, 1.54) is 17.6 Å². The van der Waals surface area contributed by atoms with Crippen LogP contribution in [0.4, 0.5) is 0 Å². The normalized spacial score (nSPS) is 11.3. The molecule has 0 spiro atoms. The number of carbonyl (C=O) groups excluding carboxylic acids is 1. The quantitative estimate of drug-likeness (QED) is 0.574. The van der Waals surface area contributed by atoms with Gasteiger partial charge in [-0.15, -0.1) is 11.3 Å². The summed E-state index contributed by atoms with van der Waals surface area (Å²) in [5, 5.41) is 7.97. The number of nitrogens with zero attached hydrogens (tertiary/aromatic N) is 2. The fourth-order valence-corrected chi connectivity index (χ4v) is 2.76. The van der Waals surface area contributed by atoms with E-state index >= 15 is 0 Å². The number of thiazole rings is 1. The zero-order valence-corrected chi connectivity index (χ0v) is 12.6. The molecule has 1 amide bonds. The van der Waals surface area contributed by atoms with Crippen molar-refractivity contribution in [3.05, 3.63) is 51.1 Å². The summed E-state index contributed by atoms with van der Waals surface area (Å²) in [6.45, 7) is 1.87. The molecule has 2 heterocycles. The van der Waals surface area contributed by atoms with Gasteiger partial charge in [-0.05, 0) is 18.6 Å². The zero-order chi connectivity index (χ0) is 14.8. The van der Waals surface area contributed by atoms with Crippen LogP contribution in [0.3, 0.4) is 0 Å². The lowest BCUT2D eigenvalue weighted by Gasteiger charge is -1.97. The Morgan fingerprint density at radius 3 is 3.10 bits per heavy atom. The van der Waals surface area contributed by atoms with Gasteiger partial charge in [0, 0.05) is 17.0 Å². The van der Waals surface area contributed by atoms with Gasteiger partial charge in [0.05, 0.1) is 16.8 Å². The molecular formula is C14H11ClN4OS. The van der Waals surface area contributed by atoms with Gasteiger partial charge in [-0.25, -0.2) is 10.4 Å². The number of fused-ring (bicyclic) bond motifs is 1. The third kappa shape index (κ3) is 2.68. The van der Waals surface area contributed by atoms with Crippen LogP contribution in [0.5, 0.6) is 0 Å². The molecule has 2 aromatic heterocycles. The molecule has 0 unspecified atom stereocenters. The van der Waals surface area contributed by atoms with Gasteiger partial charge in [0.25, 0.3) is 5.91 Å². The van der Waals surface area contributed by atoms with E-state index in [0.29, 0.717) is 10.7 Å². The van der Waals surface area contributed by atoms with Crippen LogP contribution in [0.1, 0.15) is 21.1 Å². The van der Waals surface area contributed by atoms with E-state index in [2.05, 4.69) is 20.5 Å². The number of hydrogen-bond donors (Lipinski definition) is 2. The van der Waals surface area contributed by atoms with Gasteiger partial charge < -0.3 is 4.98 Å². The maximum atomic E-state index is 12.2. The number of benzene rings is 1. The second-order valence-corrected chi connectivity index (χ2v) is 5.69. The molecule has 7 heteroatoms. The van der Waals surface area contributed by atoms with Gasteiger partial charge in [-0.1, -0.05) is 23.7 Å². The number of amides is 1. The Balaban J connectivity index is 1.85. The number of hydrogen-bond acceptors (Lipinski definition) is 4. The molecule has 3 rings (SSSR count). The molecule has 0 aliphatic rings. The average Bonchev–Trinajstić information content (AvgIpc) is 3.08. The first-order valence-electron chi connectivity index (χ1n) is 6.16. The molecule has 5 nitrogen and oxygen atoms in total. The number of rotatable bonds is 3. The lowest BCUT2D eigenvalue weighted by atomic mass is 10.1. The minimum absolute atomic E-state index is 0.312. The average molecular weight is 319 g/mol. The highest BCUT2D eigenvalue weighted by atomic mass is 35.5. The first-order valence-corrected chi connectivity index (χ1v) is 7.42. The molecule has 0 saturated carbocycles. The summed E-state index contributed by atoms with van der Waals surface area (Å²) in [6, 6.07) is 5.55. The summed E-state index contributed by atoms with van der Waals surface area (Å²) in [4.78, 5) is 19.2. The third-order valence-corrected chi connectivity index (χ3v) is 4.09. The Bertz CT molecular complexity index is 823. The summed E-state index contributed by atoms with van der Waals surface area (Å²) in [6.07, 6.45) is 3.19. The Hall–Kier alpha value is -2.18. The van der Waals surface area contributed by atoms with E-state index in [1.807, 2.05) is 24.4 Å². The smallest absolute Gasteiger partial charge is 0.288 e. The largest absolute Gasteiger partial charge is 0.349 e. The fourth-order valence-electron chi connectivity index (χ4n) is 2.04. The summed E-state index contributed by atoms with van der Waals surface area (Å²) in [7, 11) is 0. The molecule has 2 N–H and O–H groups in total. The van der Waals surface area contributed by atoms with Crippen molar-refractivity contribution < 1.29 is 4.79 Å². The molecule has 0 fully saturated rings. The highest BCUT2D eigenvalue weighted by molar-refractivity contribution is 7.11. The number of H-pyrrole nitrogens is 1. The maximum absolute atomic E-state index is 12.2. The molecular weight excluding hydrogens is 308 g/mol. The Kier molecular flexibility index (Phi) is 3.72. The molecule has 0 aliphatic carbocycles. The molecule has 3 aromatic rings. The van der Waals surface area contributed by atoms with Crippen molar-refractivity contribution in [3.8, 4) is 0 Å². The monoisotopic (exact) mass is 318 g/mol. The van der Waals surface area contributed by atoms with Crippen molar-refractivity contribution >= 4 is 46.0 Å². The van der Waals surface area contributed by atoms with Crippen LogP contribution in [0.25, 0.3) is 10.9 Å². The number of aromatic amines is 1. The third-order valence-electron chi connectivity index (χ3n) is 3.06. The fraction of sp³-hybridized carbons (Fsp3) is 0.0714. The van der Waals surface area contributed by atoms with Crippen molar-refractivity contribution in [2.45, 2.75) is 6.92 Å². The molecule has 21 heavy (non-hydrogen) atoms. The number of para-hydroxylation sites is 1. The number of nitrogens with one attached hydrogen (secondary N) is 2. The van der Waals surface area contributed by atoms with E-state index < -0.39 is 0 Å². The van der Waals surface area contributed by atoms with Gasteiger partial charge in [0.1, 0.15) is 10.7 Å². The number of hydrazone groups is 1. The van der Waals surface area contributed by atoms with Crippen molar-refractivity contribution in [2.24, 2.45) is 5.10 Å². The molecule has 106 valence electrons. The summed E-state index contributed by atoms with van der Waals surface area (Å²) in [5.41, 5.74) is 4.53. The second-order valence-electron chi connectivity index (χ2n) is 4.36. The van der Waals surface area contributed by atoms with Crippen LogP contribution in [0.2, 0.25) is 5.02 Å². The first-order chi connectivity index (χ1) is 10.2. The van der Waals surface area contributed by atoms with E-state index in [1.54, 1.807) is 12.3 Å². The Morgan fingerprint density at radius 2 is 2.38 bits per heavy atom. The lowest BCUT2D eigenvalue weighted by Crippen LogP contribution is -2.18. The van der Waals surface area contributed by atoms with E-state index in [9.17, 15) is 4.79 Å². The number of carbonyl (C=O) groups is 1. The standard InChI is InChI=1S/C14H11ClN4OS/c1-8-9-3-2-4-10(15)13(9)18-12(8)14(20)19-17-7-11-16-5-6-21-11/h2-7,18H,1H3,(H,19,20)/b17-7-. The van der Waals surface area contributed by atoms with E-state index in [4.69, 9.17) is 11.6 Å². The molecule has 1 aromatic carbocycles. The number of halogens is 1. The van der Waals surface area contributed by atoms with Crippen LogP contribution >= 0.6 is 22.9 Å². The van der Waals surface area contributed by atoms with Crippen molar-refractivity contribution in [3.63, 3.8) is 0 Å². The van der Waals surface area contributed by atoms with Crippen molar-refractivity contribution in [1.82, 2.24) is 15.4 Å². The zero-order valence-electron chi connectivity index (χ0n) is 11.1. The SMILES string of the molecule is Cc1c(C(=O)N/N=C\c2nccs2)[nH]c2c(Cl)cccc12. The lowest BCUT2D eigenvalue weighted by molar-refractivity contribution is 0.0950. The van der Waals surface area contributed by atoms with Gasteiger partial charge in [-0.3, -0.25) is 4.79 Å². The molecule has 0 atom stereocenters. The minimum atomic E-state index is -0.312. The predicted molar refractivity (Wildman–Crippen MR) is 85.2 cm³/mol. The van der Waals surface area contributed by atoms with Crippen LogP contribution in [-0.4, -0.2) is 22.1 Å². The summed E-state index contributed by atoms with van der Waals surface area (Å²) >= 11 is 7.56.